The zero-order valence-electron chi connectivity index (χ0n) is 15.7. The second-order valence-corrected chi connectivity index (χ2v) is 8.47. The maximum Gasteiger partial charge on any atom is 0.234 e. The average molecular weight is 403 g/mol. The lowest BCUT2D eigenvalue weighted by molar-refractivity contribution is -0.113. The molecule has 0 aliphatic heterocycles. The number of rotatable bonds is 8. The molecule has 5 nitrogen and oxygen atoms in total. The predicted octanol–water partition coefficient (Wildman–Crippen LogP) is 4.96. The van der Waals surface area contributed by atoms with Crippen molar-refractivity contribution in [2.24, 2.45) is 0 Å². The van der Waals surface area contributed by atoms with Crippen molar-refractivity contribution >= 4 is 35.1 Å². The van der Waals surface area contributed by atoms with E-state index in [-0.39, 0.29) is 5.91 Å². The summed E-state index contributed by atoms with van der Waals surface area (Å²) in [6, 6.07) is 7.86. The van der Waals surface area contributed by atoms with Crippen molar-refractivity contribution in [2.75, 3.05) is 17.3 Å². The highest BCUT2D eigenvalue weighted by Gasteiger charge is 2.23. The zero-order valence-corrected chi connectivity index (χ0v) is 17.3. The molecule has 0 atom stereocenters. The van der Waals surface area contributed by atoms with E-state index in [9.17, 15) is 4.79 Å². The van der Waals surface area contributed by atoms with Gasteiger partial charge in [0.25, 0.3) is 0 Å². The van der Waals surface area contributed by atoms with Crippen LogP contribution in [0.3, 0.4) is 0 Å². The van der Waals surface area contributed by atoms with E-state index in [2.05, 4.69) is 26.7 Å². The summed E-state index contributed by atoms with van der Waals surface area (Å²) in [6.45, 7) is 4.54. The predicted molar refractivity (Wildman–Crippen MR) is 114 cm³/mol. The number of nitrogens with zero attached hydrogens (tertiary/aromatic N) is 3. The number of anilines is 1. The summed E-state index contributed by atoms with van der Waals surface area (Å²) in [4.78, 5) is 13.5. The lowest BCUT2D eigenvalue weighted by Gasteiger charge is -2.21. The molecule has 1 aliphatic rings. The Labute approximate surface area is 169 Å². The summed E-state index contributed by atoms with van der Waals surface area (Å²) in [5, 5.41) is 12.6. The fourth-order valence-corrected chi connectivity index (χ4v) is 4.61. The maximum atomic E-state index is 12.3. The van der Waals surface area contributed by atoms with Gasteiger partial charge >= 0.3 is 0 Å². The van der Waals surface area contributed by atoms with Crippen LogP contribution < -0.4 is 5.32 Å². The molecular weight excluding hydrogens is 376 g/mol. The van der Waals surface area contributed by atoms with E-state index in [0.29, 0.717) is 18.2 Å². The molecular formula is C20H26N4OS2. The highest BCUT2D eigenvalue weighted by Crippen LogP contribution is 2.33. The first-order valence-electron chi connectivity index (χ1n) is 9.32. The molecule has 1 N–H and O–H groups in total. The molecule has 7 heteroatoms. The van der Waals surface area contributed by atoms with Crippen LogP contribution in [0.4, 0.5) is 5.69 Å². The summed E-state index contributed by atoms with van der Waals surface area (Å²) in [5.74, 6) is 1.79. The van der Waals surface area contributed by atoms with Crippen LogP contribution in [0.25, 0.3) is 0 Å². The van der Waals surface area contributed by atoms with E-state index in [1.54, 1.807) is 11.8 Å². The number of carbonyl (C=O) groups is 1. The molecule has 1 heterocycles. The fourth-order valence-electron chi connectivity index (χ4n) is 3.40. The van der Waals surface area contributed by atoms with E-state index < -0.39 is 0 Å². The smallest absolute Gasteiger partial charge is 0.234 e. The van der Waals surface area contributed by atoms with Gasteiger partial charge < -0.3 is 9.88 Å². The molecule has 1 aromatic heterocycles. The van der Waals surface area contributed by atoms with Gasteiger partial charge in [-0.25, -0.2) is 0 Å². The molecule has 1 aromatic carbocycles. The van der Waals surface area contributed by atoms with Crippen LogP contribution in [-0.2, 0) is 11.3 Å². The van der Waals surface area contributed by atoms with Gasteiger partial charge in [-0.15, -0.1) is 28.5 Å². The number of nitrogens with one attached hydrogen (secondary N) is 1. The Kier molecular flexibility index (Phi) is 7.41. The average Bonchev–Trinajstić information content (AvgIpc) is 3.10. The van der Waals surface area contributed by atoms with Crippen LogP contribution in [0.5, 0.6) is 0 Å². The van der Waals surface area contributed by atoms with Crippen molar-refractivity contribution in [3.8, 4) is 0 Å². The number of allylic oxidation sites excluding steroid dienone is 1. The number of aromatic nitrogens is 3. The van der Waals surface area contributed by atoms with Gasteiger partial charge in [-0.05, 0) is 37.3 Å². The van der Waals surface area contributed by atoms with Crippen LogP contribution >= 0.6 is 23.5 Å². The van der Waals surface area contributed by atoms with E-state index in [1.165, 1.54) is 43.9 Å². The summed E-state index contributed by atoms with van der Waals surface area (Å²) < 4.78 is 2.12. The van der Waals surface area contributed by atoms with Crippen LogP contribution in [0.2, 0.25) is 0 Å². The number of benzene rings is 1. The molecule has 0 unspecified atom stereocenters. The van der Waals surface area contributed by atoms with Crippen LogP contribution in [0, 0.1) is 0 Å². The van der Waals surface area contributed by atoms with Crippen molar-refractivity contribution < 1.29 is 4.79 Å². The molecule has 144 valence electrons. The SMILES string of the molecule is C=CCn1c(SCC(=O)Nc2cccc(SC)c2)nnc1C1CCCCC1. The van der Waals surface area contributed by atoms with Gasteiger partial charge in [0.1, 0.15) is 5.82 Å². The molecule has 1 amide bonds. The summed E-state index contributed by atoms with van der Waals surface area (Å²) in [6.07, 6.45) is 10.1. The lowest BCUT2D eigenvalue weighted by Crippen LogP contribution is -2.15. The largest absolute Gasteiger partial charge is 0.325 e. The number of hydrogen-bond donors (Lipinski definition) is 1. The molecule has 27 heavy (non-hydrogen) atoms. The van der Waals surface area contributed by atoms with Crippen molar-refractivity contribution in [3.63, 3.8) is 0 Å². The molecule has 3 rings (SSSR count). The monoisotopic (exact) mass is 402 g/mol. The van der Waals surface area contributed by atoms with E-state index in [1.807, 2.05) is 36.6 Å². The minimum absolute atomic E-state index is 0.0365. The standard InChI is InChI=1S/C20H26N4OS2/c1-3-12-24-19(15-8-5-4-6-9-15)22-23-20(24)27-14-18(25)21-16-10-7-11-17(13-16)26-2/h3,7,10-11,13,15H,1,4-6,8-9,12,14H2,2H3,(H,21,25). The highest BCUT2D eigenvalue weighted by atomic mass is 32.2. The molecule has 2 aromatic rings. The first-order valence-corrected chi connectivity index (χ1v) is 11.5. The van der Waals surface area contributed by atoms with Crippen molar-refractivity contribution in [3.05, 3.63) is 42.7 Å². The molecule has 1 saturated carbocycles. The first kappa shape index (κ1) is 20.0. The van der Waals surface area contributed by atoms with Gasteiger partial charge in [0.2, 0.25) is 5.91 Å². The third-order valence-electron chi connectivity index (χ3n) is 4.71. The minimum Gasteiger partial charge on any atom is -0.325 e. The summed E-state index contributed by atoms with van der Waals surface area (Å²) in [7, 11) is 0. The molecule has 0 saturated heterocycles. The Hall–Kier alpha value is -1.73. The Morgan fingerprint density at radius 2 is 2.15 bits per heavy atom. The molecule has 0 bridgehead atoms. The quantitative estimate of drug-likeness (QED) is 0.499. The van der Waals surface area contributed by atoms with Crippen LogP contribution in [-0.4, -0.2) is 32.7 Å². The Bertz CT molecular complexity index is 784. The summed E-state index contributed by atoms with van der Waals surface area (Å²) in [5.41, 5.74) is 0.822. The van der Waals surface area contributed by atoms with Gasteiger partial charge in [0.15, 0.2) is 5.16 Å². The van der Waals surface area contributed by atoms with Crippen molar-refractivity contribution in [1.82, 2.24) is 14.8 Å². The Balaban J connectivity index is 1.63. The third kappa shape index (κ3) is 5.39. The number of hydrogen-bond acceptors (Lipinski definition) is 5. The number of amides is 1. The van der Waals surface area contributed by atoms with Crippen molar-refractivity contribution in [2.45, 2.75) is 54.6 Å². The van der Waals surface area contributed by atoms with Gasteiger partial charge in [-0.2, -0.15) is 0 Å². The van der Waals surface area contributed by atoms with Crippen LogP contribution in [0.15, 0.2) is 47.0 Å². The molecule has 1 aliphatic carbocycles. The molecule has 0 radical (unpaired) electrons. The van der Waals surface area contributed by atoms with Gasteiger partial charge in [0.05, 0.1) is 5.75 Å². The fraction of sp³-hybridized carbons (Fsp3) is 0.450. The van der Waals surface area contributed by atoms with E-state index in [4.69, 9.17) is 0 Å². The Morgan fingerprint density at radius 3 is 2.89 bits per heavy atom. The topological polar surface area (TPSA) is 59.8 Å². The Morgan fingerprint density at radius 1 is 1.33 bits per heavy atom. The normalized spacial score (nSPS) is 14.9. The second kappa shape index (κ2) is 9.99. The molecule has 1 fully saturated rings. The first-order chi connectivity index (χ1) is 13.2. The zero-order chi connectivity index (χ0) is 19.1. The minimum atomic E-state index is -0.0365. The van der Waals surface area contributed by atoms with Crippen molar-refractivity contribution in [1.29, 1.82) is 0 Å². The van der Waals surface area contributed by atoms with Crippen LogP contribution in [0.1, 0.15) is 43.8 Å². The number of thioether (sulfide) groups is 2. The van der Waals surface area contributed by atoms with E-state index >= 15 is 0 Å². The van der Waals surface area contributed by atoms with Gasteiger partial charge in [0, 0.05) is 23.0 Å². The summed E-state index contributed by atoms with van der Waals surface area (Å²) >= 11 is 3.09. The lowest BCUT2D eigenvalue weighted by atomic mass is 9.89. The molecule has 0 spiro atoms. The third-order valence-corrected chi connectivity index (χ3v) is 6.41. The van der Waals surface area contributed by atoms with Gasteiger partial charge in [-0.3, -0.25) is 4.79 Å². The van der Waals surface area contributed by atoms with Gasteiger partial charge in [-0.1, -0.05) is 43.2 Å². The van der Waals surface area contributed by atoms with E-state index in [0.717, 1.165) is 21.6 Å². The number of carbonyl (C=O) groups excluding carboxylic acids is 1. The highest BCUT2D eigenvalue weighted by molar-refractivity contribution is 7.99. The maximum absolute atomic E-state index is 12.3. The second-order valence-electron chi connectivity index (χ2n) is 6.64.